The van der Waals surface area contributed by atoms with Crippen LogP contribution in [0.2, 0.25) is 0 Å². The molecule has 0 fully saturated rings. The molecular formula is C19H16F3NO4. The molecule has 0 aromatic heterocycles. The Morgan fingerprint density at radius 2 is 1.74 bits per heavy atom. The Hall–Kier alpha value is -3.29. The predicted molar refractivity (Wildman–Crippen MR) is 93.1 cm³/mol. The van der Waals surface area contributed by atoms with E-state index in [1.165, 1.54) is 25.3 Å². The first-order chi connectivity index (χ1) is 12.8. The smallest absolute Gasteiger partial charge is 0.416 e. The van der Waals surface area contributed by atoms with E-state index in [9.17, 15) is 22.8 Å². The zero-order valence-electron chi connectivity index (χ0n) is 14.2. The molecule has 0 spiro atoms. The fourth-order valence-electron chi connectivity index (χ4n) is 2.07. The quantitative estimate of drug-likeness (QED) is 0.611. The number of ether oxygens (including phenoxy) is 2. The van der Waals surface area contributed by atoms with Crippen LogP contribution < -0.4 is 10.1 Å². The summed E-state index contributed by atoms with van der Waals surface area (Å²) >= 11 is 0. The minimum Gasteiger partial charge on any atom is -0.495 e. The molecule has 0 unspecified atom stereocenters. The van der Waals surface area contributed by atoms with Gasteiger partial charge in [-0.25, -0.2) is 4.79 Å². The number of alkyl halides is 3. The molecule has 0 heterocycles. The van der Waals surface area contributed by atoms with Crippen molar-refractivity contribution in [3.05, 3.63) is 65.7 Å². The van der Waals surface area contributed by atoms with Crippen LogP contribution in [-0.4, -0.2) is 25.6 Å². The van der Waals surface area contributed by atoms with E-state index in [0.29, 0.717) is 17.0 Å². The second-order valence-corrected chi connectivity index (χ2v) is 5.31. The molecule has 2 rings (SSSR count). The van der Waals surface area contributed by atoms with Crippen LogP contribution in [0.4, 0.5) is 18.9 Å². The summed E-state index contributed by atoms with van der Waals surface area (Å²) in [5.74, 6) is -0.903. The van der Waals surface area contributed by atoms with E-state index in [1.54, 1.807) is 24.3 Å². The maximum atomic E-state index is 12.5. The van der Waals surface area contributed by atoms with Gasteiger partial charge in [0.25, 0.3) is 5.91 Å². The van der Waals surface area contributed by atoms with Crippen LogP contribution in [0.3, 0.4) is 0 Å². The number of carbonyl (C=O) groups is 2. The van der Waals surface area contributed by atoms with Gasteiger partial charge >= 0.3 is 12.1 Å². The van der Waals surface area contributed by atoms with Crippen molar-refractivity contribution >= 4 is 23.6 Å². The number of hydrogen-bond donors (Lipinski definition) is 1. The third-order valence-corrected chi connectivity index (χ3v) is 3.38. The molecule has 0 saturated heterocycles. The Morgan fingerprint density at radius 1 is 1.07 bits per heavy atom. The zero-order valence-corrected chi connectivity index (χ0v) is 14.2. The Balaban J connectivity index is 1.85. The number of benzene rings is 2. The standard InChI is InChI=1S/C19H16F3NO4/c1-26-16-5-3-2-4-15(16)23-17(24)12-27-18(25)11-8-13-6-9-14(10-7-13)19(20,21)22/h2-11H,12H2,1H3,(H,23,24)/b11-8+. The Labute approximate surface area is 153 Å². The topological polar surface area (TPSA) is 64.6 Å². The van der Waals surface area contributed by atoms with E-state index < -0.39 is 30.2 Å². The molecule has 0 aliphatic carbocycles. The van der Waals surface area contributed by atoms with E-state index in [0.717, 1.165) is 18.2 Å². The molecule has 2 aromatic carbocycles. The van der Waals surface area contributed by atoms with Crippen molar-refractivity contribution in [1.82, 2.24) is 0 Å². The van der Waals surface area contributed by atoms with Crippen molar-refractivity contribution in [1.29, 1.82) is 0 Å². The SMILES string of the molecule is COc1ccccc1NC(=O)COC(=O)/C=C/c1ccc(C(F)(F)F)cc1. The first-order valence-corrected chi connectivity index (χ1v) is 7.74. The number of esters is 1. The van der Waals surface area contributed by atoms with Crippen LogP contribution in [0, 0.1) is 0 Å². The number of hydrogen-bond acceptors (Lipinski definition) is 4. The molecule has 1 N–H and O–H groups in total. The molecule has 5 nitrogen and oxygen atoms in total. The molecule has 0 atom stereocenters. The molecule has 1 amide bonds. The van der Waals surface area contributed by atoms with Gasteiger partial charge in [0, 0.05) is 6.08 Å². The summed E-state index contributed by atoms with van der Waals surface area (Å²) in [7, 11) is 1.46. The molecule has 0 bridgehead atoms. The van der Waals surface area contributed by atoms with Gasteiger partial charge in [-0.2, -0.15) is 13.2 Å². The summed E-state index contributed by atoms with van der Waals surface area (Å²) in [4.78, 5) is 23.4. The van der Waals surface area contributed by atoms with Crippen LogP contribution in [0.15, 0.2) is 54.6 Å². The van der Waals surface area contributed by atoms with Gasteiger partial charge in [-0.15, -0.1) is 0 Å². The first-order valence-electron chi connectivity index (χ1n) is 7.74. The molecule has 27 heavy (non-hydrogen) atoms. The third kappa shape index (κ3) is 6.18. The van der Waals surface area contributed by atoms with Gasteiger partial charge in [-0.3, -0.25) is 4.79 Å². The van der Waals surface area contributed by atoms with Crippen molar-refractivity contribution in [3.8, 4) is 5.75 Å². The van der Waals surface area contributed by atoms with Gasteiger partial charge in [-0.1, -0.05) is 24.3 Å². The number of amides is 1. The molecule has 2 aromatic rings. The molecule has 142 valence electrons. The van der Waals surface area contributed by atoms with Crippen molar-refractivity contribution in [2.45, 2.75) is 6.18 Å². The van der Waals surface area contributed by atoms with Crippen LogP contribution in [-0.2, 0) is 20.5 Å². The number of halogens is 3. The number of methoxy groups -OCH3 is 1. The van der Waals surface area contributed by atoms with Gasteiger partial charge in [0.15, 0.2) is 6.61 Å². The van der Waals surface area contributed by atoms with E-state index in [1.807, 2.05) is 0 Å². The van der Waals surface area contributed by atoms with Gasteiger partial charge in [0.2, 0.25) is 0 Å². The van der Waals surface area contributed by atoms with E-state index in [2.05, 4.69) is 5.32 Å². The van der Waals surface area contributed by atoms with E-state index >= 15 is 0 Å². The largest absolute Gasteiger partial charge is 0.495 e. The summed E-state index contributed by atoms with van der Waals surface area (Å²) in [5.41, 5.74) is 0.0370. The molecule has 0 aliphatic rings. The van der Waals surface area contributed by atoms with Gasteiger partial charge in [-0.05, 0) is 35.9 Å². The lowest BCUT2D eigenvalue weighted by molar-refractivity contribution is -0.142. The van der Waals surface area contributed by atoms with Gasteiger partial charge in [0.1, 0.15) is 5.75 Å². The van der Waals surface area contributed by atoms with Crippen LogP contribution >= 0.6 is 0 Å². The number of rotatable bonds is 6. The normalized spacial score (nSPS) is 11.3. The van der Waals surface area contributed by atoms with E-state index in [-0.39, 0.29) is 0 Å². The van der Waals surface area contributed by atoms with E-state index in [4.69, 9.17) is 9.47 Å². The summed E-state index contributed by atoms with van der Waals surface area (Å²) in [6, 6.07) is 11.0. The Morgan fingerprint density at radius 3 is 2.37 bits per heavy atom. The summed E-state index contributed by atoms with van der Waals surface area (Å²) in [6.07, 6.45) is -2.10. The average molecular weight is 379 g/mol. The Bertz CT molecular complexity index is 830. The average Bonchev–Trinajstić information content (AvgIpc) is 2.64. The second-order valence-electron chi connectivity index (χ2n) is 5.31. The molecule has 8 heteroatoms. The highest BCUT2D eigenvalue weighted by Crippen LogP contribution is 2.29. The number of para-hydroxylation sites is 2. The van der Waals surface area contributed by atoms with Gasteiger partial charge in [0.05, 0.1) is 18.4 Å². The van der Waals surface area contributed by atoms with Crippen molar-refractivity contribution < 1.29 is 32.2 Å². The fraction of sp³-hybridized carbons (Fsp3) is 0.158. The molecular weight excluding hydrogens is 363 g/mol. The number of anilines is 1. The number of nitrogens with one attached hydrogen (secondary N) is 1. The summed E-state index contributed by atoms with van der Waals surface area (Å²) in [6.45, 7) is -0.520. The second kappa shape index (κ2) is 8.88. The minimum absolute atomic E-state index is 0.387. The van der Waals surface area contributed by atoms with Crippen LogP contribution in [0.25, 0.3) is 6.08 Å². The molecule has 0 aliphatic heterocycles. The lowest BCUT2D eigenvalue weighted by Gasteiger charge is -2.09. The highest BCUT2D eigenvalue weighted by Gasteiger charge is 2.29. The van der Waals surface area contributed by atoms with Crippen molar-refractivity contribution in [3.63, 3.8) is 0 Å². The van der Waals surface area contributed by atoms with Crippen molar-refractivity contribution in [2.75, 3.05) is 19.0 Å². The zero-order chi connectivity index (χ0) is 19.9. The molecule has 0 radical (unpaired) electrons. The summed E-state index contributed by atoms with van der Waals surface area (Å²) < 4.78 is 47.3. The highest BCUT2D eigenvalue weighted by molar-refractivity contribution is 5.95. The lowest BCUT2D eigenvalue weighted by Crippen LogP contribution is -2.20. The first kappa shape index (κ1) is 20.0. The predicted octanol–water partition coefficient (Wildman–Crippen LogP) is 3.91. The number of carbonyl (C=O) groups excluding carboxylic acids is 2. The van der Waals surface area contributed by atoms with Gasteiger partial charge < -0.3 is 14.8 Å². The third-order valence-electron chi connectivity index (χ3n) is 3.38. The van der Waals surface area contributed by atoms with Crippen molar-refractivity contribution in [2.24, 2.45) is 0 Å². The monoisotopic (exact) mass is 379 g/mol. The maximum Gasteiger partial charge on any atom is 0.416 e. The molecule has 0 saturated carbocycles. The van der Waals surface area contributed by atoms with Crippen LogP contribution in [0.5, 0.6) is 5.75 Å². The maximum absolute atomic E-state index is 12.5. The highest BCUT2D eigenvalue weighted by atomic mass is 19.4. The Kier molecular flexibility index (Phi) is 6.59. The fourth-order valence-corrected chi connectivity index (χ4v) is 2.07. The lowest BCUT2D eigenvalue weighted by atomic mass is 10.1. The summed E-state index contributed by atoms with van der Waals surface area (Å²) in [5, 5.41) is 2.54. The minimum atomic E-state index is -4.42. The van der Waals surface area contributed by atoms with Crippen LogP contribution in [0.1, 0.15) is 11.1 Å².